The first-order chi connectivity index (χ1) is 10.8. The SMILES string of the molecule is CNCC1CCCN(C(=O)c2ccc(-n3cnnn3)cc2)C1. The molecule has 1 unspecified atom stereocenters. The second-order valence-electron chi connectivity index (χ2n) is 5.62. The fourth-order valence-electron chi connectivity index (χ4n) is 2.92. The average molecular weight is 300 g/mol. The Kier molecular flexibility index (Phi) is 4.43. The number of aromatic nitrogens is 4. The molecule has 1 aliphatic rings. The van der Waals surface area contributed by atoms with E-state index in [0.29, 0.717) is 11.5 Å². The van der Waals surface area contributed by atoms with Gasteiger partial charge < -0.3 is 10.2 Å². The molecule has 1 N–H and O–H groups in total. The maximum absolute atomic E-state index is 12.6. The Morgan fingerprint density at radius 2 is 2.18 bits per heavy atom. The van der Waals surface area contributed by atoms with Crippen LogP contribution in [0, 0.1) is 5.92 Å². The van der Waals surface area contributed by atoms with Crippen LogP contribution in [-0.2, 0) is 0 Å². The first kappa shape index (κ1) is 14.6. The highest BCUT2D eigenvalue weighted by molar-refractivity contribution is 5.94. The van der Waals surface area contributed by atoms with Crippen molar-refractivity contribution < 1.29 is 4.79 Å². The minimum Gasteiger partial charge on any atom is -0.338 e. The lowest BCUT2D eigenvalue weighted by Gasteiger charge is -2.32. The summed E-state index contributed by atoms with van der Waals surface area (Å²) in [6.07, 6.45) is 3.79. The van der Waals surface area contributed by atoms with Gasteiger partial charge in [0.25, 0.3) is 5.91 Å². The molecule has 7 heteroatoms. The van der Waals surface area contributed by atoms with Crippen LogP contribution in [0.15, 0.2) is 30.6 Å². The molecular formula is C15H20N6O. The lowest BCUT2D eigenvalue weighted by molar-refractivity contribution is 0.0674. The highest BCUT2D eigenvalue weighted by atomic mass is 16.2. The highest BCUT2D eigenvalue weighted by Gasteiger charge is 2.23. The Hall–Kier alpha value is -2.28. The number of carbonyl (C=O) groups is 1. The monoisotopic (exact) mass is 300 g/mol. The number of piperidine rings is 1. The van der Waals surface area contributed by atoms with Crippen LogP contribution < -0.4 is 5.32 Å². The smallest absolute Gasteiger partial charge is 0.253 e. The molecule has 0 radical (unpaired) electrons. The summed E-state index contributed by atoms with van der Waals surface area (Å²) in [6.45, 7) is 2.63. The normalized spacial score (nSPS) is 18.4. The molecule has 1 aromatic carbocycles. The summed E-state index contributed by atoms with van der Waals surface area (Å²) in [6, 6.07) is 7.39. The number of nitrogens with one attached hydrogen (secondary N) is 1. The largest absolute Gasteiger partial charge is 0.338 e. The van der Waals surface area contributed by atoms with Crippen LogP contribution in [0.5, 0.6) is 0 Å². The number of likely N-dealkylation sites (tertiary alicyclic amines) is 1. The molecule has 1 amide bonds. The molecular weight excluding hydrogens is 280 g/mol. The molecule has 2 heterocycles. The third-order valence-electron chi connectivity index (χ3n) is 4.03. The third kappa shape index (κ3) is 3.14. The molecule has 0 aliphatic carbocycles. The van der Waals surface area contributed by atoms with Gasteiger partial charge in [-0.3, -0.25) is 4.79 Å². The van der Waals surface area contributed by atoms with Crippen LogP contribution in [0.4, 0.5) is 0 Å². The Balaban J connectivity index is 1.69. The zero-order chi connectivity index (χ0) is 15.4. The number of carbonyl (C=O) groups excluding carboxylic acids is 1. The van der Waals surface area contributed by atoms with Crippen molar-refractivity contribution in [2.24, 2.45) is 5.92 Å². The van der Waals surface area contributed by atoms with Gasteiger partial charge in [-0.05, 0) is 67.0 Å². The molecule has 0 spiro atoms. The fourth-order valence-corrected chi connectivity index (χ4v) is 2.92. The van der Waals surface area contributed by atoms with Crippen molar-refractivity contribution in [3.05, 3.63) is 36.2 Å². The summed E-state index contributed by atoms with van der Waals surface area (Å²) in [4.78, 5) is 14.6. The van der Waals surface area contributed by atoms with Crippen LogP contribution >= 0.6 is 0 Å². The van der Waals surface area contributed by atoms with Crippen LogP contribution in [0.1, 0.15) is 23.2 Å². The van der Waals surface area contributed by atoms with Gasteiger partial charge in [-0.25, -0.2) is 4.68 Å². The van der Waals surface area contributed by atoms with Gasteiger partial charge in [0.05, 0.1) is 5.69 Å². The molecule has 1 aliphatic heterocycles. The lowest BCUT2D eigenvalue weighted by Crippen LogP contribution is -2.42. The number of tetrazole rings is 1. The summed E-state index contributed by atoms with van der Waals surface area (Å²) >= 11 is 0. The maximum atomic E-state index is 12.6. The molecule has 1 atom stereocenters. The van der Waals surface area contributed by atoms with Crippen molar-refractivity contribution in [2.75, 3.05) is 26.7 Å². The van der Waals surface area contributed by atoms with E-state index in [1.165, 1.54) is 12.7 Å². The Morgan fingerprint density at radius 3 is 2.86 bits per heavy atom. The molecule has 1 fully saturated rings. The fraction of sp³-hybridized carbons (Fsp3) is 0.467. The Morgan fingerprint density at radius 1 is 1.36 bits per heavy atom. The second kappa shape index (κ2) is 6.65. The number of amides is 1. The second-order valence-corrected chi connectivity index (χ2v) is 5.62. The number of hydrogen-bond acceptors (Lipinski definition) is 5. The van der Waals surface area contributed by atoms with Gasteiger partial charge in [0.15, 0.2) is 0 Å². The van der Waals surface area contributed by atoms with Crippen molar-refractivity contribution in [3.8, 4) is 5.69 Å². The van der Waals surface area contributed by atoms with E-state index in [1.54, 1.807) is 4.68 Å². The molecule has 3 rings (SSSR count). The highest BCUT2D eigenvalue weighted by Crippen LogP contribution is 2.18. The van der Waals surface area contributed by atoms with Crippen molar-refractivity contribution in [2.45, 2.75) is 12.8 Å². The van der Waals surface area contributed by atoms with Gasteiger partial charge in [-0.2, -0.15) is 0 Å². The van der Waals surface area contributed by atoms with Crippen molar-refractivity contribution in [3.63, 3.8) is 0 Å². The molecule has 22 heavy (non-hydrogen) atoms. The van der Waals surface area contributed by atoms with Crippen LogP contribution in [0.2, 0.25) is 0 Å². The first-order valence-corrected chi connectivity index (χ1v) is 7.55. The van der Waals surface area contributed by atoms with E-state index >= 15 is 0 Å². The van der Waals surface area contributed by atoms with Crippen LogP contribution in [-0.4, -0.2) is 57.7 Å². The van der Waals surface area contributed by atoms with Gasteiger partial charge in [0, 0.05) is 18.7 Å². The number of nitrogens with zero attached hydrogens (tertiary/aromatic N) is 5. The average Bonchev–Trinajstić information content (AvgIpc) is 3.09. The van der Waals surface area contributed by atoms with Crippen LogP contribution in [0.25, 0.3) is 5.69 Å². The Labute approximate surface area is 129 Å². The van der Waals surface area contributed by atoms with E-state index in [4.69, 9.17) is 0 Å². The van der Waals surface area contributed by atoms with E-state index in [9.17, 15) is 4.79 Å². The number of benzene rings is 1. The number of hydrogen-bond donors (Lipinski definition) is 1. The van der Waals surface area contributed by atoms with Crippen molar-refractivity contribution in [1.82, 2.24) is 30.4 Å². The maximum Gasteiger partial charge on any atom is 0.253 e. The van der Waals surface area contributed by atoms with Gasteiger partial charge >= 0.3 is 0 Å². The van der Waals surface area contributed by atoms with Gasteiger partial charge in [-0.15, -0.1) is 5.10 Å². The zero-order valence-electron chi connectivity index (χ0n) is 12.6. The van der Waals surface area contributed by atoms with E-state index in [1.807, 2.05) is 36.2 Å². The summed E-state index contributed by atoms with van der Waals surface area (Å²) in [5, 5.41) is 14.2. The molecule has 116 valence electrons. The van der Waals surface area contributed by atoms with Crippen LogP contribution in [0.3, 0.4) is 0 Å². The van der Waals surface area contributed by atoms with E-state index in [-0.39, 0.29) is 5.91 Å². The molecule has 1 saturated heterocycles. The third-order valence-corrected chi connectivity index (χ3v) is 4.03. The van der Waals surface area contributed by atoms with Gasteiger partial charge in [0.1, 0.15) is 6.33 Å². The van der Waals surface area contributed by atoms with Gasteiger partial charge in [-0.1, -0.05) is 0 Å². The van der Waals surface area contributed by atoms with E-state index in [2.05, 4.69) is 20.8 Å². The summed E-state index contributed by atoms with van der Waals surface area (Å²) in [7, 11) is 1.96. The summed E-state index contributed by atoms with van der Waals surface area (Å²) in [5.41, 5.74) is 1.55. The quantitative estimate of drug-likeness (QED) is 0.901. The van der Waals surface area contributed by atoms with Crippen molar-refractivity contribution >= 4 is 5.91 Å². The Bertz CT molecular complexity index is 607. The van der Waals surface area contributed by atoms with Gasteiger partial charge in [0.2, 0.25) is 0 Å². The standard InChI is InChI=1S/C15H20N6O/c1-16-9-12-3-2-8-20(10-12)15(22)13-4-6-14(7-5-13)21-11-17-18-19-21/h4-7,11-12,16H,2-3,8-10H2,1H3. The van der Waals surface area contributed by atoms with Crippen molar-refractivity contribution in [1.29, 1.82) is 0 Å². The van der Waals surface area contributed by atoms with E-state index in [0.717, 1.165) is 31.7 Å². The molecule has 2 aromatic rings. The first-order valence-electron chi connectivity index (χ1n) is 7.55. The molecule has 0 bridgehead atoms. The predicted molar refractivity (Wildman–Crippen MR) is 81.7 cm³/mol. The number of rotatable bonds is 4. The molecule has 1 aromatic heterocycles. The minimum atomic E-state index is 0.101. The molecule has 7 nitrogen and oxygen atoms in total. The molecule has 0 saturated carbocycles. The predicted octanol–water partition coefficient (Wildman–Crippen LogP) is 0.734. The lowest BCUT2D eigenvalue weighted by atomic mass is 9.97. The zero-order valence-corrected chi connectivity index (χ0v) is 12.6. The minimum absolute atomic E-state index is 0.101. The topological polar surface area (TPSA) is 75.9 Å². The van der Waals surface area contributed by atoms with E-state index < -0.39 is 0 Å². The summed E-state index contributed by atoms with van der Waals surface area (Å²) in [5.74, 6) is 0.646. The summed E-state index contributed by atoms with van der Waals surface area (Å²) < 4.78 is 1.57.